The van der Waals surface area contributed by atoms with Crippen LogP contribution in [0.3, 0.4) is 0 Å². The van der Waals surface area contributed by atoms with Crippen LogP contribution >= 0.6 is 11.6 Å². The third kappa shape index (κ3) is 5.32. The number of carbonyl (C=O) groups excluding carboxylic acids is 1. The minimum atomic E-state index is -0.545. The van der Waals surface area contributed by atoms with Crippen molar-refractivity contribution in [2.24, 2.45) is 0 Å². The minimum absolute atomic E-state index is 0.140. The fraction of sp³-hybridized carbons (Fsp3) is 0.500. The van der Waals surface area contributed by atoms with Crippen molar-refractivity contribution >= 4 is 23.2 Å². The summed E-state index contributed by atoms with van der Waals surface area (Å²) in [6, 6.07) is 3.85. The van der Waals surface area contributed by atoms with Crippen LogP contribution in [0.5, 0.6) is 0 Å². The number of carbonyl (C=O) groups is 1. The second-order valence-electron chi connectivity index (χ2n) is 4.74. The Morgan fingerprint density at radius 2 is 2.05 bits per heavy atom. The number of nitro benzene ring substituents is 1. The van der Waals surface area contributed by atoms with Crippen molar-refractivity contribution in [1.29, 1.82) is 0 Å². The van der Waals surface area contributed by atoms with Crippen molar-refractivity contribution in [2.45, 2.75) is 20.3 Å². The monoisotopic (exact) mass is 314 g/mol. The number of amides is 1. The third-order valence-electron chi connectivity index (χ3n) is 3.40. The molecule has 7 heteroatoms. The lowest BCUT2D eigenvalue weighted by Crippen LogP contribution is -3.11. The first-order chi connectivity index (χ1) is 9.99. The number of nitrogens with zero attached hydrogens (tertiary/aromatic N) is 1. The summed E-state index contributed by atoms with van der Waals surface area (Å²) < 4.78 is 0. The molecule has 0 aromatic heterocycles. The van der Waals surface area contributed by atoms with E-state index < -0.39 is 4.92 Å². The third-order valence-corrected chi connectivity index (χ3v) is 3.73. The first-order valence-electron chi connectivity index (χ1n) is 7.05. The summed E-state index contributed by atoms with van der Waals surface area (Å²) in [4.78, 5) is 23.6. The second-order valence-corrected chi connectivity index (χ2v) is 5.15. The van der Waals surface area contributed by atoms with E-state index in [1.54, 1.807) is 0 Å². The predicted molar refractivity (Wildman–Crippen MR) is 82.0 cm³/mol. The van der Waals surface area contributed by atoms with E-state index >= 15 is 0 Å². The molecule has 0 radical (unpaired) electrons. The lowest BCUT2D eigenvalue weighted by Gasteiger charge is -2.15. The molecule has 0 aliphatic rings. The lowest BCUT2D eigenvalue weighted by atomic mass is 10.2. The second kappa shape index (κ2) is 8.59. The molecule has 0 aliphatic carbocycles. The molecule has 116 valence electrons. The molecule has 1 aromatic rings. The van der Waals surface area contributed by atoms with Crippen LogP contribution in [0.4, 0.5) is 5.69 Å². The lowest BCUT2D eigenvalue weighted by molar-refractivity contribution is -0.896. The highest BCUT2D eigenvalue weighted by atomic mass is 35.5. The smallest absolute Gasteiger partial charge is 0.270 e. The van der Waals surface area contributed by atoms with E-state index in [2.05, 4.69) is 19.2 Å². The Balaban J connectivity index is 2.56. The van der Waals surface area contributed by atoms with Crippen LogP contribution in [0, 0.1) is 10.1 Å². The van der Waals surface area contributed by atoms with E-state index in [0.717, 1.165) is 26.1 Å². The largest absolute Gasteiger partial charge is 0.352 e. The van der Waals surface area contributed by atoms with E-state index in [9.17, 15) is 14.9 Å². The van der Waals surface area contributed by atoms with Gasteiger partial charge in [-0.1, -0.05) is 11.6 Å². The van der Waals surface area contributed by atoms with Gasteiger partial charge in [0.1, 0.15) is 0 Å². The normalized spacial score (nSPS) is 10.7. The van der Waals surface area contributed by atoms with Gasteiger partial charge in [0, 0.05) is 25.1 Å². The molecule has 0 saturated carbocycles. The standard InChI is InChI=1S/C14H20ClN3O3/c1-3-17(4-2)9-5-8-16-14(19)12-10-11(18(20)21)6-7-13(12)15/h6-7,10H,3-5,8-9H2,1-2H3,(H,16,19)/p+1. The van der Waals surface area contributed by atoms with Gasteiger partial charge in [0.15, 0.2) is 0 Å². The molecule has 0 atom stereocenters. The highest BCUT2D eigenvalue weighted by molar-refractivity contribution is 6.33. The van der Waals surface area contributed by atoms with E-state index in [1.807, 2.05) is 0 Å². The molecule has 0 heterocycles. The fourth-order valence-corrected chi connectivity index (χ4v) is 2.24. The quantitative estimate of drug-likeness (QED) is 0.431. The Kier molecular flexibility index (Phi) is 7.11. The first-order valence-corrected chi connectivity index (χ1v) is 7.43. The maximum atomic E-state index is 12.0. The number of nitro groups is 1. The Bertz CT molecular complexity index is 504. The summed E-state index contributed by atoms with van der Waals surface area (Å²) in [6.45, 7) is 7.88. The maximum Gasteiger partial charge on any atom is 0.270 e. The van der Waals surface area contributed by atoms with Crippen LogP contribution in [0.25, 0.3) is 0 Å². The SMILES string of the molecule is CC[NH+](CC)CCCNC(=O)c1cc([N+](=O)[O-])ccc1Cl. The molecule has 21 heavy (non-hydrogen) atoms. The van der Waals surface area contributed by atoms with Gasteiger partial charge in [-0.3, -0.25) is 14.9 Å². The molecular formula is C14H21ClN3O3+. The van der Waals surface area contributed by atoms with Gasteiger partial charge in [0.2, 0.25) is 0 Å². The number of hydrogen-bond donors (Lipinski definition) is 2. The molecule has 0 spiro atoms. The maximum absolute atomic E-state index is 12.0. The summed E-state index contributed by atoms with van der Waals surface area (Å²) >= 11 is 5.92. The van der Waals surface area contributed by atoms with Gasteiger partial charge in [-0.15, -0.1) is 0 Å². The van der Waals surface area contributed by atoms with Crippen LogP contribution in [0.1, 0.15) is 30.6 Å². The summed E-state index contributed by atoms with van der Waals surface area (Å²) in [7, 11) is 0. The zero-order chi connectivity index (χ0) is 15.8. The molecule has 0 saturated heterocycles. The molecule has 1 rings (SSSR count). The molecule has 0 bridgehead atoms. The van der Waals surface area contributed by atoms with Crippen LogP contribution in [0.2, 0.25) is 5.02 Å². The van der Waals surface area contributed by atoms with E-state index in [-0.39, 0.29) is 22.2 Å². The van der Waals surface area contributed by atoms with Gasteiger partial charge in [-0.25, -0.2) is 0 Å². The number of halogens is 1. The first kappa shape index (κ1) is 17.4. The number of rotatable bonds is 8. The number of nitrogens with one attached hydrogen (secondary N) is 2. The highest BCUT2D eigenvalue weighted by Crippen LogP contribution is 2.21. The fourth-order valence-electron chi connectivity index (χ4n) is 2.04. The number of benzene rings is 1. The van der Waals surface area contributed by atoms with Crippen LogP contribution in [-0.4, -0.2) is 37.0 Å². The van der Waals surface area contributed by atoms with Crippen LogP contribution in [0.15, 0.2) is 18.2 Å². The topological polar surface area (TPSA) is 76.7 Å². The summed E-state index contributed by atoms with van der Waals surface area (Å²) in [6.07, 6.45) is 0.856. The van der Waals surface area contributed by atoms with E-state index in [1.165, 1.54) is 23.1 Å². The predicted octanol–water partition coefficient (Wildman–Crippen LogP) is 1.29. The van der Waals surface area contributed by atoms with Crippen molar-refractivity contribution < 1.29 is 14.6 Å². The van der Waals surface area contributed by atoms with Crippen molar-refractivity contribution in [3.8, 4) is 0 Å². The van der Waals surface area contributed by atoms with Crippen molar-refractivity contribution in [2.75, 3.05) is 26.2 Å². The zero-order valence-electron chi connectivity index (χ0n) is 12.3. The van der Waals surface area contributed by atoms with Gasteiger partial charge in [-0.05, 0) is 19.9 Å². The van der Waals surface area contributed by atoms with Gasteiger partial charge in [-0.2, -0.15) is 0 Å². The van der Waals surface area contributed by atoms with Gasteiger partial charge >= 0.3 is 0 Å². The van der Waals surface area contributed by atoms with E-state index in [4.69, 9.17) is 11.6 Å². The Morgan fingerprint density at radius 1 is 1.38 bits per heavy atom. The van der Waals surface area contributed by atoms with E-state index in [0.29, 0.717) is 6.54 Å². The summed E-state index contributed by atoms with van der Waals surface area (Å²) in [5.74, 6) is -0.377. The minimum Gasteiger partial charge on any atom is -0.352 e. The molecule has 0 unspecified atom stereocenters. The molecule has 0 fully saturated rings. The summed E-state index contributed by atoms with van der Waals surface area (Å²) in [5, 5.41) is 13.7. The molecule has 0 aliphatic heterocycles. The Labute approximate surface area is 129 Å². The number of non-ortho nitro benzene ring substituents is 1. The average molecular weight is 315 g/mol. The zero-order valence-corrected chi connectivity index (χ0v) is 13.1. The average Bonchev–Trinajstić information content (AvgIpc) is 2.47. The molecule has 6 nitrogen and oxygen atoms in total. The molecular weight excluding hydrogens is 294 g/mol. The number of hydrogen-bond acceptors (Lipinski definition) is 3. The molecule has 1 aromatic carbocycles. The Morgan fingerprint density at radius 3 is 2.62 bits per heavy atom. The summed E-state index contributed by atoms with van der Waals surface area (Å²) in [5.41, 5.74) is -0.00168. The van der Waals surface area contributed by atoms with Gasteiger partial charge < -0.3 is 10.2 Å². The van der Waals surface area contributed by atoms with Crippen molar-refractivity contribution in [3.63, 3.8) is 0 Å². The van der Waals surface area contributed by atoms with Crippen LogP contribution in [-0.2, 0) is 0 Å². The van der Waals surface area contributed by atoms with Crippen LogP contribution < -0.4 is 10.2 Å². The van der Waals surface area contributed by atoms with Gasteiger partial charge in [0.25, 0.3) is 11.6 Å². The van der Waals surface area contributed by atoms with Crippen molar-refractivity contribution in [1.82, 2.24) is 5.32 Å². The van der Waals surface area contributed by atoms with Crippen molar-refractivity contribution in [3.05, 3.63) is 38.9 Å². The molecule has 2 N–H and O–H groups in total. The Hall–Kier alpha value is -1.66. The van der Waals surface area contributed by atoms with Gasteiger partial charge in [0.05, 0.1) is 35.1 Å². The molecule has 1 amide bonds. The number of quaternary nitrogens is 1. The highest BCUT2D eigenvalue weighted by Gasteiger charge is 2.15.